The number of rotatable bonds is 6. The van der Waals surface area contributed by atoms with Gasteiger partial charge in [0.05, 0.1) is 29.0 Å². The number of carbonyl (C=O) groups excluding carboxylic acids is 2. The molecule has 1 aromatic heterocycles. The summed E-state index contributed by atoms with van der Waals surface area (Å²) in [4.78, 5) is 32.1. The third-order valence-corrected chi connectivity index (χ3v) is 6.30. The van der Waals surface area contributed by atoms with Gasteiger partial charge in [0.25, 0.3) is 5.91 Å². The molecule has 2 aromatic rings. The van der Waals surface area contributed by atoms with Crippen molar-refractivity contribution in [3.8, 4) is 0 Å². The number of aromatic nitrogens is 1. The summed E-state index contributed by atoms with van der Waals surface area (Å²) in [5.74, 6) is -0.876. The SMILES string of the molecule is CN(C(=O)c1cc(Cl)ccc1NC(=O)C1CC(OS(C)(=O)=O)=NN1c1ncccc1Cl)C1CC1. The molecule has 4 rings (SSSR count). The Bertz CT molecular complexity index is 1280. The molecule has 1 N–H and O–H groups in total. The van der Waals surface area contributed by atoms with Crippen molar-refractivity contribution >= 4 is 62.5 Å². The summed E-state index contributed by atoms with van der Waals surface area (Å²) in [6.45, 7) is 0. The number of nitrogens with one attached hydrogen (secondary N) is 1. The fourth-order valence-electron chi connectivity index (χ4n) is 3.49. The molecule has 1 unspecified atom stereocenters. The summed E-state index contributed by atoms with van der Waals surface area (Å²) in [5.41, 5.74) is 0.501. The highest BCUT2D eigenvalue weighted by Crippen LogP contribution is 2.32. The van der Waals surface area contributed by atoms with Gasteiger partial charge in [-0.05, 0) is 43.2 Å². The number of halogens is 2. The minimum atomic E-state index is -3.87. The first-order valence-corrected chi connectivity index (χ1v) is 12.8. The van der Waals surface area contributed by atoms with Gasteiger partial charge in [0.15, 0.2) is 5.82 Å². The maximum Gasteiger partial charge on any atom is 0.307 e. The minimum absolute atomic E-state index is 0.150. The summed E-state index contributed by atoms with van der Waals surface area (Å²) < 4.78 is 28.2. The Kier molecular flexibility index (Phi) is 6.70. The maximum atomic E-state index is 13.3. The van der Waals surface area contributed by atoms with Gasteiger partial charge in [-0.1, -0.05) is 23.2 Å². The predicted molar refractivity (Wildman–Crippen MR) is 129 cm³/mol. The highest BCUT2D eigenvalue weighted by molar-refractivity contribution is 7.86. The largest absolute Gasteiger partial charge is 0.365 e. The zero-order valence-electron chi connectivity index (χ0n) is 18.2. The first kappa shape index (κ1) is 24.2. The highest BCUT2D eigenvalue weighted by Gasteiger charge is 2.38. The van der Waals surface area contributed by atoms with Gasteiger partial charge in [-0.2, -0.15) is 8.42 Å². The number of benzene rings is 1. The number of amides is 2. The summed E-state index contributed by atoms with van der Waals surface area (Å²) in [6.07, 6.45) is 4.03. The number of hydrazone groups is 1. The number of nitrogens with zero attached hydrogens (tertiary/aromatic N) is 4. The van der Waals surface area contributed by atoms with Gasteiger partial charge >= 0.3 is 10.1 Å². The van der Waals surface area contributed by atoms with Crippen LogP contribution in [0.3, 0.4) is 0 Å². The molecule has 2 aliphatic rings. The Morgan fingerprint density at radius 3 is 2.62 bits per heavy atom. The van der Waals surface area contributed by atoms with Crippen molar-refractivity contribution in [1.29, 1.82) is 0 Å². The zero-order valence-corrected chi connectivity index (χ0v) is 20.6. The van der Waals surface area contributed by atoms with Gasteiger partial charge in [0.1, 0.15) is 6.04 Å². The molecule has 0 spiro atoms. The molecule has 0 radical (unpaired) electrons. The summed E-state index contributed by atoms with van der Waals surface area (Å²) in [6, 6.07) is 6.89. The van der Waals surface area contributed by atoms with Crippen molar-refractivity contribution in [1.82, 2.24) is 9.88 Å². The molecule has 0 saturated heterocycles. The van der Waals surface area contributed by atoms with E-state index in [0.29, 0.717) is 5.02 Å². The van der Waals surface area contributed by atoms with Crippen LogP contribution in [0.1, 0.15) is 29.6 Å². The minimum Gasteiger partial charge on any atom is -0.365 e. The van der Waals surface area contributed by atoms with Crippen LogP contribution in [0.4, 0.5) is 11.5 Å². The predicted octanol–water partition coefficient (Wildman–Crippen LogP) is 3.13. The second-order valence-corrected chi connectivity index (χ2v) is 10.4. The van der Waals surface area contributed by atoms with Crippen LogP contribution < -0.4 is 10.3 Å². The Morgan fingerprint density at radius 2 is 1.97 bits per heavy atom. The average Bonchev–Trinajstić information content (AvgIpc) is 3.54. The zero-order chi connectivity index (χ0) is 24.6. The molecule has 180 valence electrons. The van der Waals surface area contributed by atoms with Crippen LogP contribution >= 0.6 is 23.2 Å². The second-order valence-electron chi connectivity index (χ2n) is 7.98. The van der Waals surface area contributed by atoms with E-state index in [-0.39, 0.29) is 46.4 Å². The number of anilines is 2. The Balaban J connectivity index is 1.63. The molecule has 1 atom stereocenters. The molecule has 1 aliphatic carbocycles. The lowest BCUT2D eigenvalue weighted by molar-refractivity contribution is -0.117. The van der Waals surface area contributed by atoms with E-state index in [9.17, 15) is 18.0 Å². The first-order valence-electron chi connectivity index (χ1n) is 10.3. The molecule has 34 heavy (non-hydrogen) atoms. The van der Waals surface area contributed by atoms with E-state index in [4.69, 9.17) is 27.4 Å². The fraction of sp³-hybridized carbons (Fsp3) is 0.333. The van der Waals surface area contributed by atoms with Crippen LogP contribution in [0.25, 0.3) is 0 Å². The highest BCUT2D eigenvalue weighted by atomic mass is 35.5. The molecule has 2 amide bonds. The molecule has 1 aromatic carbocycles. The summed E-state index contributed by atoms with van der Waals surface area (Å²) in [7, 11) is -2.17. The molecule has 0 bridgehead atoms. The van der Waals surface area contributed by atoms with E-state index in [1.165, 1.54) is 23.3 Å². The number of pyridine rings is 1. The molecule has 13 heteroatoms. The van der Waals surface area contributed by atoms with Crippen LogP contribution in [0.2, 0.25) is 10.0 Å². The van der Waals surface area contributed by atoms with Crippen LogP contribution in [-0.4, -0.2) is 61.4 Å². The van der Waals surface area contributed by atoms with Gasteiger partial charge < -0.3 is 14.4 Å². The van der Waals surface area contributed by atoms with E-state index in [1.54, 1.807) is 30.1 Å². The van der Waals surface area contributed by atoms with Gasteiger partial charge in [-0.15, -0.1) is 5.10 Å². The van der Waals surface area contributed by atoms with Crippen LogP contribution in [0.5, 0.6) is 0 Å². The van der Waals surface area contributed by atoms with Crippen LogP contribution in [-0.2, 0) is 19.1 Å². The van der Waals surface area contributed by atoms with E-state index < -0.39 is 22.1 Å². The Labute approximate surface area is 206 Å². The molecular weight excluding hydrogens is 505 g/mol. The van der Waals surface area contributed by atoms with Crippen molar-refractivity contribution in [2.24, 2.45) is 5.10 Å². The smallest absolute Gasteiger partial charge is 0.307 e. The summed E-state index contributed by atoms with van der Waals surface area (Å²) >= 11 is 12.4. The van der Waals surface area contributed by atoms with Crippen molar-refractivity contribution < 1.29 is 22.2 Å². The topological polar surface area (TPSA) is 121 Å². The lowest BCUT2D eigenvalue weighted by Gasteiger charge is -2.23. The van der Waals surface area contributed by atoms with Gasteiger partial charge in [-0.3, -0.25) is 9.59 Å². The number of hydrogen-bond donors (Lipinski definition) is 1. The molecule has 1 fully saturated rings. The van der Waals surface area contributed by atoms with Crippen LogP contribution in [0.15, 0.2) is 41.6 Å². The third kappa shape index (κ3) is 5.43. The van der Waals surface area contributed by atoms with Crippen molar-refractivity contribution in [2.75, 3.05) is 23.6 Å². The monoisotopic (exact) mass is 525 g/mol. The van der Waals surface area contributed by atoms with Gasteiger partial charge in [-0.25, -0.2) is 9.99 Å². The Hall–Kier alpha value is -2.89. The quantitative estimate of drug-likeness (QED) is 0.574. The first-order chi connectivity index (χ1) is 16.0. The average molecular weight is 526 g/mol. The second kappa shape index (κ2) is 9.40. The molecular formula is C21H21Cl2N5O5S. The third-order valence-electron chi connectivity index (χ3n) is 5.27. The van der Waals surface area contributed by atoms with Crippen molar-refractivity contribution in [3.05, 3.63) is 52.1 Å². The number of carbonyl (C=O) groups is 2. The van der Waals surface area contributed by atoms with E-state index >= 15 is 0 Å². The Morgan fingerprint density at radius 1 is 1.24 bits per heavy atom. The van der Waals surface area contributed by atoms with Crippen molar-refractivity contribution in [2.45, 2.75) is 31.3 Å². The van der Waals surface area contributed by atoms with E-state index in [2.05, 4.69) is 15.4 Å². The van der Waals surface area contributed by atoms with E-state index in [0.717, 1.165) is 19.1 Å². The van der Waals surface area contributed by atoms with Gasteiger partial charge in [0, 0.05) is 24.3 Å². The fourth-order valence-corrected chi connectivity index (χ4v) is 4.32. The lowest BCUT2D eigenvalue weighted by atomic mass is 10.1. The van der Waals surface area contributed by atoms with Crippen molar-refractivity contribution in [3.63, 3.8) is 0 Å². The molecule has 10 nitrogen and oxygen atoms in total. The summed E-state index contributed by atoms with van der Waals surface area (Å²) in [5, 5.41) is 8.62. The lowest BCUT2D eigenvalue weighted by Crippen LogP contribution is -2.39. The molecule has 2 heterocycles. The van der Waals surface area contributed by atoms with Crippen LogP contribution in [0, 0.1) is 0 Å². The standard InChI is InChI=1S/C21H21Cl2N5O5S/c1-27(13-6-7-13)21(30)14-10-12(22)5-8-16(14)25-20(29)17-11-18(33-34(2,31)32)26-28(17)19-15(23)4-3-9-24-19/h3-5,8-10,13,17H,6-7,11H2,1-2H3,(H,25,29). The van der Waals surface area contributed by atoms with Gasteiger partial charge in [0.2, 0.25) is 11.8 Å². The number of hydrogen-bond acceptors (Lipinski definition) is 8. The normalized spacial score (nSPS) is 17.8. The molecule has 1 saturated carbocycles. The maximum absolute atomic E-state index is 13.3. The van der Waals surface area contributed by atoms with E-state index in [1.807, 2.05) is 0 Å². The molecule has 1 aliphatic heterocycles.